The second-order valence-corrected chi connectivity index (χ2v) is 10.3. The van der Waals surface area contributed by atoms with Gasteiger partial charge in [0.05, 0.1) is 19.3 Å². The summed E-state index contributed by atoms with van der Waals surface area (Å²) >= 11 is 1.98. The summed E-state index contributed by atoms with van der Waals surface area (Å²) in [5, 5.41) is 0. The highest BCUT2D eigenvalue weighted by atomic mass is 32.2. The second kappa shape index (κ2) is 21.3. The molecule has 180 valence electrons. The lowest BCUT2D eigenvalue weighted by atomic mass is 10.1. The van der Waals surface area contributed by atoms with Gasteiger partial charge in [-0.2, -0.15) is 11.8 Å². The minimum absolute atomic E-state index is 0.200. The molecular formula is C28H50O2S. The summed E-state index contributed by atoms with van der Waals surface area (Å²) < 4.78 is 12.1. The third-order valence-corrected chi connectivity index (χ3v) is 6.45. The molecule has 0 spiro atoms. The third-order valence-electron chi connectivity index (χ3n) is 5.75. The SMILES string of the molecule is CSCCCCCCCCCCCCCCOCC(CC(C)C)OCc1ccccc1. The van der Waals surface area contributed by atoms with E-state index in [0.717, 1.165) is 19.6 Å². The predicted octanol–water partition coefficient (Wildman–Crippen LogP) is 8.68. The molecule has 0 aliphatic heterocycles. The van der Waals surface area contributed by atoms with Gasteiger partial charge in [-0.3, -0.25) is 0 Å². The number of rotatable bonds is 22. The average molecular weight is 451 g/mol. The molecule has 1 rings (SSSR count). The Labute approximate surface area is 198 Å². The van der Waals surface area contributed by atoms with E-state index in [-0.39, 0.29) is 6.10 Å². The summed E-state index contributed by atoms with van der Waals surface area (Å²) in [4.78, 5) is 0. The molecule has 0 saturated carbocycles. The van der Waals surface area contributed by atoms with Crippen LogP contribution in [0.25, 0.3) is 0 Å². The van der Waals surface area contributed by atoms with Crippen molar-refractivity contribution in [2.24, 2.45) is 5.92 Å². The Morgan fingerprint density at radius 3 is 1.84 bits per heavy atom. The van der Waals surface area contributed by atoms with Crippen LogP contribution in [0, 0.1) is 5.92 Å². The van der Waals surface area contributed by atoms with Crippen LogP contribution in [-0.2, 0) is 16.1 Å². The monoisotopic (exact) mass is 450 g/mol. The zero-order chi connectivity index (χ0) is 22.4. The largest absolute Gasteiger partial charge is 0.379 e. The maximum atomic E-state index is 6.14. The van der Waals surface area contributed by atoms with Crippen LogP contribution in [0.5, 0.6) is 0 Å². The van der Waals surface area contributed by atoms with Crippen LogP contribution in [0.1, 0.15) is 103 Å². The quantitative estimate of drug-likeness (QED) is 0.165. The first-order valence-electron chi connectivity index (χ1n) is 12.9. The lowest BCUT2D eigenvalue weighted by Crippen LogP contribution is -2.22. The van der Waals surface area contributed by atoms with E-state index in [2.05, 4.69) is 44.4 Å². The molecule has 0 radical (unpaired) electrons. The average Bonchev–Trinajstić information content (AvgIpc) is 2.77. The van der Waals surface area contributed by atoms with Crippen LogP contribution in [-0.4, -0.2) is 31.3 Å². The standard InChI is InChI=1S/C28H50O2S/c1-26(2)23-28(30-24-27-19-15-14-16-20-27)25-29-21-17-12-10-8-6-4-5-7-9-11-13-18-22-31-3/h14-16,19-20,26,28H,4-13,17-18,21-25H2,1-3H3. The molecule has 1 unspecified atom stereocenters. The fourth-order valence-electron chi connectivity index (χ4n) is 3.93. The highest BCUT2D eigenvalue weighted by molar-refractivity contribution is 7.98. The van der Waals surface area contributed by atoms with Crippen molar-refractivity contribution in [3.05, 3.63) is 35.9 Å². The molecule has 0 N–H and O–H groups in total. The first-order valence-corrected chi connectivity index (χ1v) is 14.3. The summed E-state index contributed by atoms with van der Waals surface area (Å²) in [5.41, 5.74) is 1.24. The second-order valence-electron chi connectivity index (χ2n) is 9.36. The van der Waals surface area contributed by atoms with Crippen LogP contribution >= 0.6 is 11.8 Å². The number of unbranched alkanes of at least 4 members (excludes halogenated alkanes) is 11. The van der Waals surface area contributed by atoms with Gasteiger partial charge in [0.15, 0.2) is 0 Å². The molecule has 0 fully saturated rings. The van der Waals surface area contributed by atoms with Gasteiger partial charge in [-0.25, -0.2) is 0 Å². The fraction of sp³-hybridized carbons (Fsp3) is 0.786. The van der Waals surface area contributed by atoms with Gasteiger partial charge in [-0.15, -0.1) is 0 Å². The van der Waals surface area contributed by atoms with Gasteiger partial charge in [-0.1, -0.05) is 108 Å². The summed E-state index contributed by atoms with van der Waals surface area (Å²) in [6, 6.07) is 10.4. The van der Waals surface area contributed by atoms with Crippen molar-refractivity contribution in [1.29, 1.82) is 0 Å². The minimum atomic E-state index is 0.200. The van der Waals surface area contributed by atoms with Crippen molar-refractivity contribution in [2.45, 2.75) is 110 Å². The first kappa shape index (κ1) is 28.5. The molecule has 0 aliphatic carbocycles. The van der Waals surface area contributed by atoms with E-state index >= 15 is 0 Å². The van der Waals surface area contributed by atoms with Crippen molar-refractivity contribution in [3.63, 3.8) is 0 Å². The summed E-state index contributed by atoms with van der Waals surface area (Å²) in [7, 11) is 0. The molecule has 31 heavy (non-hydrogen) atoms. The van der Waals surface area contributed by atoms with Gasteiger partial charge in [0, 0.05) is 6.61 Å². The van der Waals surface area contributed by atoms with Gasteiger partial charge in [-0.05, 0) is 42.8 Å². The van der Waals surface area contributed by atoms with E-state index in [4.69, 9.17) is 9.47 Å². The molecule has 0 aliphatic rings. The smallest absolute Gasteiger partial charge is 0.0815 e. The Morgan fingerprint density at radius 1 is 0.742 bits per heavy atom. The number of thioether (sulfide) groups is 1. The molecule has 0 aromatic heterocycles. The van der Waals surface area contributed by atoms with E-state index in [1.807, 2.05) is 17.8 Å². The van der Waals surface area contributed by atoms with Crippen LogP contribution in [0.4, 0.5) is 0 Å². The van der Waals surface area contributed by atoms with Crippen molar-refractivity contribution in [1.82, 2.24) is 0 Å². The number of benzene rings is 1. The molecule has 0 saturated heterocycles. The van der Waals surface area contributed by atoms with Crippen LogP contribution in [0.15, 0.2) is 30.3 Å². The molecule has 2 nitrogen and oxygen atoms in total. The van der Waals surface area contributed by atoms with Gasteiger partial charge in [0.2, 0.25) is 0 Å². The highest BCUT2D eigenvalue weighted by Gasteiger charge is 2.12. The number of hydrogen-bond donors (Lipinski definition) is 0. The molecule has 1 aromatic carbocycles. The van der Waals surface area contributed by atoms with Gasteiger partial charge < -0.3 is 9.47 Å². The van der Waals surface area contributed by atoms with Gasteiger partial charge >= 0.3 is 0 Å². The maximum absolute atomic E-state index is 6.14. The van der Waals surface area contributed by atoms with Gasteiger partial charge in [0.25, 0.3) is 0 Å². The summed E-state index contributed by atoms with van der Waals surface area (Å²) in [6.45, 7) is 6.79. The molecule has 1 aromatic rings. The van der Waals surface area contributed by atoms with E-state index in [1.54, 1.807) is 0 Å². The molecule has 1 atom stereocenters. The maximum Gasteiger partial charge on any atom is 0.0815 e. The van der Waals surface area contributed by atoms with E-state index in [1.165, 1.54) is 88.4 Å². The van der Waals surface area contributed by atoms with Gasteiger partial charge in [0.1, 0.15) is 0 Å². The highest BCUT2D eigenvalue weighted by Crippen LogP contribution is 2.14. The Balaban J connectivity index is 1.91. The lowest BCUT2D eigenvalue weighted by Gasteiger charge is -2.20. The van der Waals surface area contributed by atoms with Crippen molar-refractivity contribution in [3.8, 4) is 0 Å². The van der Waals surface area contributed by atoms with E-state index in [9.17, 15) is 0 Å². The van der Waals surface area contributed by atoms with Crippen LogP contribution < -0.4 is 0 Å². The molecule has 0 bridgehead atoms. The topological polar surface area (TPSA) is 18.5 Å². The van der Waals surface area contributed by atoms with Crippen LogP contribution in [0.2, 0.25) is 0 Å². The predicted molar refractivity (Wildman–Crippen MR) is 139 cm³/mol. The van der Waals surface area contributed by atoms with Crippen molar-refractivity contribution >= 4 is 11.8 Å². The fourth-order valence-corrected chi connectivity index (χ4v) is 4.42. The lowest BCUT2D eigenvalue weighted by molar-refractivity contribution is -0.0346. The molecule has 0 amide bonds. The first-order chi connectivity index (χ1) is 15.2. The summed E-state index contributed by atoms with van der Waals surface area (Å²) in [5.74, 6) is 1.97. The zero-order valence-electron chi connectivity index (χ0n) is 20.8. The Bertz CT molecular complexity index is 477. The Morgan fingerprint density at radius 2 is 1.29 bits per heavy atom. The van der Waals surface area contributed by atoms with Crippen LogP contribution in [0.3, 0.4) is 0 Å². The number of hydrogen-bond acceptors (Lipinski definition) is 3. The molecule has 0 heterocycles. The minimum Gasteiger partial charge on any atom is -0.379 e. The molecular weight excluding hydrogens is 400 g/mol. The Hall–Kier alpha value is -0.510. The molecule has 3 heteroatoms. The van der Waals surface area contributed by atoms with E-state index in [0.29, 0.717) is 12.5 Å². The summed E-state index contributed by atoms with van der Waals surface area (Å²) in [6.07, 6.45) is 20.1. The van der Waals surface area contributed by atoms with E-state index < -0.39 is 0 Å². The number of ether oxygens (including phenoxy) is 2. The Kier molecular flexibility index (Phi) is 19.6. The van der Waals surface area contributed by atoms with Crippen molar-refractivity contribution < 1.29 is 9.47 Å². The normalized spacial score (nSPS) is 12.5. The zero-order valence-corrected chi connectivity index (χ0v) is 21.6. The third kappa shape index (κ3) is 18.7. The van der Waals surface area contributed by atoms with Crippen molar-refractivity contribution in [2.75, 3.05) is 25.2 Å².